The van der Waals surface area contributed by atoms with Crippen LogP contribution in [0.5, 0.6) is 0 Å². The van der Waals surface area contributed by atoms with Crippen molar-refractivity contribution < 1.29 is 4.79 Å². The number of nitrogens with one attached hydrogen (secondary N) is 1. The van der Waals surface area contributed by atoms with E-state index in [0.29, 0.717) is 18.2 Å². The summed E-state index contributed by atoms with van der Waals surface area (Å²) in [6.45, 7) is 7.56. The normalized spacial score (nSPS) is 10.5. The van der Waals surface area contributed by atoms with Gasteiger partial charge in [-0.2, -0.15) is 0 Å². The predicted molar refractivity (Wildman–Crippen MR) is 109 cm³/mol. The van der Waals surface area contributed by atoms with Crippen molar-refractivity contribution in [3.05, 3.63) is 83.2 Å². The third-order valence-corrected chi connectivity index (χ3v) is 4.52. The highest BCUT2D eigenvalue weighted by Gasteiger charge is 2.13. The largest absolute Gasteiger partial charge is 0.337 e. The molecule has 0 aliphatic rings. The van der Waals surface area contributed by atoms with Crippen LogP contribution in [0.4, 0.5) is 11.6 Å². The Morgan fingerprint density at radius 1 is 1.04 bits per heavy atom. The Bertz CT molecular complexity index is 925. The lowest BCUT2D eigenvalue weighted by Gasteiger charge is -2.21. The Morgan fingerprint density at radius 3 is 2.52 bits per heavy atom. The standard InChI is InChI=1S/C22H24N4O/c1-4-26(15-18-8-6-5-7-9-18)22-23-13-12-20(25-22)21(27)24-19-11-10-16(2)17(3)14-19/h5-14H,4,15H2,1-3H3,(H,24,27). The average molecular weight is 360 g/mol. The van der Waals surface area contributed by atoms with Crippen molar-refractivity contribution >= 4 is 17.5 Å². The third kappa shape index (κ3) is 4.70. The van der Waals surface area contributed by atoms with Gasteiger partial charge in [0.25, 0.3) is 5.91 Å². The molecule has 3 rings (SSSR count). The van der Waals surface area contributed by atoms with Gasteiger partial charge in [-0.25, -0.2) is 9.97 Å². The van der Waals surface area contributed by atoms with Crippen LogP contribution in [0.15, 0.2) is 60.8 Å². The van der Waals surface area contributed by atoms with Gasteiger partial charge in [0, 0.05) is 25.0 Å². The third-order valence-electron chi connectivity index (χ3n) is 4.52. The molecule has 5 heteroatoms. The molecule has 3 aromatic rings. The highest BCUT2D eigenvalue weighted by Crippen LogP contribution is 2.16. The zero-order valence-electron chi connectivity index (χ0n) is 15.9. The van der Waals surface area contributed by atoms with Gasteiger partial charge in [-0.1, -0.05) is 36.4 Å². The Morgan fingerprint density at radius 2 is 1.81 bits per heavy atom. The number of carbonyl (C=O) groups is 1. The van der Waals surface area contributed by atoms with Gasteiger partial charge in [0.05, 0.1) is 0 Å². The lowest BCUT2D eigenvalue weighted by molar-refractivity contribution is 0.102. The van der Waals surface area contributed by atoms with Crippen LogP contribution in [0.25, 0.3) is 0 Å². The molecule has 0 atom stereocenters. The number of aryl methyl sites for hydroxylation is 2. The molecule has 0 fully saturated rings. The van der Waals surface area contributed by atoms with E-state index in [2.05, 4.69) is 27.4 Å². The minimum absolute atomic E-state index is 0.238. The van der Waals surface area contributed by atoms with E-state index in [0.717, 1.165) is 17.8 Å². The van der Waals surface area contributed by atoms with Crippen LogP contribution < -0.4 is 10.2 Å². The first-order valence-electron chi connectivity index (χ1n) is 9.07. The number of rotatable bonds is 6. The summed E-state index contributed by atoms with van der Waals surface area (Å²) in [5.74, 6) is 0.312. The van der Waals surface area contributed by atoms with Crippen molar-refractivity contribution in [3.63, 3.8) is 0 Å². The van der Waals surface area contributed by atoms with E-state index in [4.69, 9.17) is 0 Å². The highest BCUT2D eigenvalue weighted by atomic mass is 16.1. The van der Waals surface area contributed by atoms with E-state index >= 15 is 0 Å². The maximum atomic E-state index is 12.6. The van der Waals surface area contributed by atoms with Crippen molar-refractivity contribution in [1.82, 2.24) is 9.97 Å². The molecule has 0 spiro atoms. The summed E-state index contributed by atoms with van der Waals surface area (Å²) in [4.78, 5) is 23.5. The van der Waals surface area contributed by atoms with Crippen LogP contribution in [0.1, 0.15) is 34.1 Å². The van der Waals surface area contributed by atoms with E-state index in [1.807, 2.05) is 62.1 Å². The molecule has 0 unspecified atom stereocenters. The second kappa shape index (κ2) is 8.45. The van der Waals surface area contributed by atoms with Crippen LogP contribution in [-0.4, -0.2) is 22.4 Å². The number of anilines is 2. The van der Waals surface area contributed by atoms with Gasteiger partial charge in [0.2, 0.25) is 5.95 Å². The van der Waals surface area contributed by atoms with Gasteiger partial charge in [0.15, 0.2) is 0 Å². The quantitative estimate of drug-likeness (QED) is 0.709. The molecule has 0 aliphatic carbocycles. The number of nitrogens with zero attached hydrogens (tertiary/aromatic N) is 3. The van der Waals surface area contributed by atoms with Crippen molar-refractivity contribution in [2.45, 2.75) is 27.3 Å². The van der Waals surface area contributed by atoms with Crippen LogP contribution in [0, 0.1) is 13.8 Å². The van der Waals surface area contributed by atoms with Gasteiger partial charge in [-0.3, -0.25) is 4.79 Å². The van der Waals surface area contributed by atoms with Crippen molar-refractivity contribution in [2.75, 3.05) is 16.8 Å². The molecule has 1 aromatic heterocycles. The summed E-state index contributed by atoms with van der Waals surface area (Å²) < 4.78 is 0. The summed E-state index contributed by atoms with van der Waals surface area (Å²) in [5, 5.41) is 2.91. The van der Waals surface area contributed by atoms with Gasteiger partial charge in [-0.15, -0.1) is 0 Å². The summed E-state index contributed by atoms with van der Waals surface area (Å²) in [6.07, 6.45) is 1.63. The number of hydrogen-bond donors (Lipinski definition) is 1. The predicted octanol–water partition coefficient (Wildman–Crippen LogP) is 4.37. The molecular weight excluding hydrogens is 336 g/mol. The first kappa shape index (κ1) is 18.6. The Kier molecular flexibility index (Phi) is 5.81. The fourth-order valence-corrected chi connectivity index (χ4v) is 2.77. The lowest BCUT2D eigenvalue weighted by atomic mass is 10.1. The van der Waals surface area contributed by atoms with E-state index in [1.165, 1.54) is 11.1 Å². The number of amides is 1. The summed E-state index contributed by atoms with van der Waals surface area (Å²) in [7, 11) is 0. The fourth-order valence-electron chi connectivity index (χ4n) is 2.77. The zero-order chi connectivity index (χ0) is 19.2. The van der Waals surface area contributed by atoms with Crippen molar-refractivity contribution in [2.24, 2.45) is 0 Å². The molecule has 2 aromatic carbocycles. The number of carbonyl (C=O) groups excluding carboxylic acids is 1. The molecular formula is C22H24N4O. The SMILES string of the molecule is CCN(Cc1ccccc1)c1nccc(C(=O)Nc2ccc(C)c(C)c2)n1. The topological polar surface area (TPSA) is 58.1 Å². The van der Waals surface area contributed by atoms with E-state index < -0.39 is 0 Å². The Balaban J connectivity index is 1.77. The van der Waals surface area contributed by atoms with E-state index in [1.54, 1.807) is 12.3 Å². The molecule has 0 saturated heterocycles. The van der Waals surface area contributed by atoms with Crippen molar-refractivity contribution in [1.29, 1.82) is 0 Å². The Labute approximate surface area is 160 Å². The molecule has 0 saturated carbocycles. The average Bonchev–Trinajstić information content (AvgIpc) is 2.70. The minimum Gasteiger partial charge on any atom is -0.337 e. The fraction of sp³-hybridized carbons (Fsp3) is 0.227. The molecule has 27 heavy (non-hydrogen) atoms. The maximum Gasteiger partial charge on any atom is 0.274 e. The maximum absolute atomic E-state index is 12.6. The summed E-state index contributed by atoms with van der Waals surface area (Å²) >= 11 is 0. The monoisotopic (exact) mass is 360 g/mol. The van der Waals surface area contributed by atoms with Gasteiger partial charge in [-0.05, 0) is 55.7 Å². The van der Waals surface area contributed by atoms with E-state index in [-0.39, 0.29) is 5.91 Å². The molecule has 5 nitrogen and oxygen atoms in total. The van der Waals surface area contributed by atoms with Crippen LogP contribution in [-0.2, 0) is 6.54 Å². The number of benzene rings is 2. The summed E-state index contributed by atoms with van der Waals surface area (Å²) in [5.41, 5.74) is 4.62. The first-order valence-corrected chi connectivity index (χ1v) is 9.07. The van der Waals surface area contributed by atoms with Crippen LogP contribution >= 0.6 is 0 Å². The molecule has 0 bridgehead atoms. The molecule has 138 valence electrons. The Hall–Kier alpha value is -3.21. The molecule has 1 N–H and O–H groups in total. The van der Waals surface area contributed by atoms with Gasteiger partial charge in [0.1, 0.15) is 5.69 Å². The molecule has 1 amide bonds. The number of aromatic nitrogens is 2. The van der Waals surface area contributed by atoms with Crippen LogP contribution in [0.2, 0.25) is 0 Å². The van der Waals surface area contributed by atoms with Gasteiger partial charge < -0.3 is 10.2 Å². The number of hydrogen-bond acceptors (Lipinski definition) is 4. The molecule has 0 radical (unpaired) electrons. The van der Waals surface area contributed by atoms with Gasteiger partial charge >= 0.3 is 0 Å². The second-order valence-corrected chi connectivity index (χ2v) is 6.49. The highest BCUT2D eigenvalue weighted by molar-refractivity contribution is 6.03. The molecule has 0 aliphatic heterocycles. The van der Waals surface area contributed by atoms with Crippen LogP contribution in [0.3, 0.4) is 0 Å². The minimum atomic E-state index is -0.238. The second-order valence-electron chi connectivity index (χ2n) is 6.49. The smallest absolute Gasteiger partial charge is 0.274 e. The summed E-state index contributed by atoms with van der Waals surface area (Å²) in [6, 6.07) is 17.6. The van der Waals surface area contributed by atoms with Crippen molar-refractivity contribution in [3.8, 4) is 0 Å². The zero-order valence-corrected chi connectivity index (χ0v) is 15.9. The lowest BCUT2D eigenvalue weighted by Crippen LogP contribution is -2.25. The first-order chi connectivity index (χ1) is 13.1. The van der Waals surface area contributed by atoms with E-state index in [9.17, 15) is 4.79 Å². The molecule has 1 heterocycles.